The number of hydrogen-bond acceptors (Lipinski definition) is 14. The summed E-state index contributed by atoms with van der Waals surface area (Å²) in [4.78, 5) is 110. The second-order valence-electron chi connectivity index (χ2n) is 22.8. The number of carbonyl (C=O) groups excluding carboxylic acids is 7. The van der Waals surface area contributed by atoms with Crippen LogP contribution < -0.4 is 29.7 Å². The van der Waals surface area contributed by atoms with Crippen LogP contribution in [-0.4, -0.2) is 151 Å². The standard InChI is InChI=1S/C65H73N9O10/c1-40(2)62(69-59(76)11-8-7-9-22-72-60(77)20-21-61(72)78)55(75)30-42(4)63(79)68-47-16-12-43(13-17-47)45-31-49-36-66-53-34-56(41(3)29-51(53)64(80)73(49)38-45)83-27-10-28-84-58-35-54-52(33-57(58)82-6)65(81)74-39-46(32-50(74)37-67-54)44-14-18-48(19-15-44)71-25-23-70(5)24-26-71/h12-21,29,33-40,42,49-50,62H,7-11,22-28,30-32H2,1-6H3,(H,68,79)(H,69,76)/t42-,49+,50+,62+/m1/s1. The normalized spacial score (nSPS) is 18.8. The van der Waals surface area contributed by atoms with Gasteiger partial charge in [-0.25, -0.2) is 0 Å². The number of ketones is 1. The average Bonchev–Trinajstić information content (AvgIpc) is 2.84. The van der Waals surface area contributed by atoms with Gasteiger partial charge < -0.3 is 44.4 Å². The molecule has 19 heteroatoms. The number of anilines is 2. The smallest absolute Gasteiger partial charge is 0.260 e. The third-order valence-corrected chi connectivity index (χ3v) is 16.3. The summed E-state index contributed by atoms with van der Waals surface area (Å²) in [5.41, 5.74) is 8.48. The minimum Gasteiger partial charge on any atom is -0.493 e. The van der Waals surface area contributed by atoms with Crippen molar-refractivity contribution in [1.82, 2.24) is 24.9 Å². The average molecular weight is 1140 g/mol. The molecule has 10 rings (SSSR count). The van der Waals surface area contributed by atoms with Crippen LogP contribution in [0, 0.1) is 18.8 Å². The topological polar surface area (TPSA) is 212 Å². The number of imide groups is 1. The first kappa shape index (κ1) is 58.5. The fourth-order valence-electron chi connectivity index (χ4n) is 11.3. The summed E-state index contributed by atoms with van der Waals surface area (Å²) in [7, 11) is 3.70. The Morgan fingerprint density at radius 3 is 1.85 bits per heavy atom. The lowest BCUT2D eigenvalue weighted by Gasteiger charge is -2.34. The van der Waals surface area contributed by atoms with Crippen LogP contribution >= 0.6 is 0 Å². The highest BCUT2D eigenvalue weighted by Gasteiger charge is 2.36. The van der Waals surface area contributed by atoms with E-state index in [1.165, 1.54) is 22.7 Å². The summed E-state index contributed by atoms with van der Waals surface area (Å²) in [6, 6.07) is 21.8. The molecule has 19 nitrogen and oxygen atoms in total. The van der Waals surface area contributed by atoms with E-state index in [0.29, 0.717) is 104 Å². The van der Waals surface area contributed by atoms with E-state index in [1.54, 1.807) is 60.4 Å². The van der Waals surface area contributed by atoms with Crippen LogP contribution in [0.5, 0.6) is 17.2 Å². The number of unbranched alkanes of at least 4 members (excludes halogenated alkanes) is 2. The van der Waals surface area contributed by atoms with Crippen molar-refractivity contribution in [3.63, 3.8) is 0 Å². The molecule has 0 spiro atoms. The Hall–Kier alpha value is -8.71. The Morgan fingerprint density at radius 2 is 1.25 bits per heavy atom. The highest BCUT2D eigenvalue weighted by atomic mass is 16.5. The molecule has 0 radical (unpaired) electrons. The van der Waals surface area contributed by atoms with Gasteiger partial charge in [-0.15, -0.1) is 0 Å². The molecule has 2 N–H and O–H groups in total. The highest BCUT2D eigenvalue weighted by molar-refractivity contribution is 6.13. The molecule has 4 aromatic rings. The molecule has 0 unspecified atom stereocenters. The van der Waals surface area contributed by atoms with Crippen molar-refractivity contribution < 1.29 is 47.8 Å². The maximum atomic E-state index is 14.1. The van der Waals surface area contributed by atoms with Crippen molar-refractivity contribution in [2.24, 2.45) is 21.8 Å². The molecular formula is C65H73N9O10. The summed E-state index contributed by atoms with van der Waals surface area (Å²) >= 11 is 0. The number of hydrogen-bond donors (Lipinski definition) is 2. The molecule has 6 heterocycles. The molecule has 6 amide bonds. The number of Topliss-reactive ketones (excluding diaryl/α,β-unsaturated/α-hetero) is 1. The maximum Gasteiger partial charge on any atom is 0.260 e. The van der Waals surface area contributed by atoms with E-state index in [9.17, 15) is 33.6 Å². The van der Waals surface area contributed by atoms with Crippen LogP contribution in [0.3, 0.4) is 0 Å². The zero-order valence-electron chi connectivity index (χ0n) is 48.6. The molecule has 1 saturated heterocycles. The number of piperazine rings is 1. The quantitative estimate of drug-likeness (QED) is 0.0528. The van der Waals surface area contributed by atoms with Gasteiger partial charge in [0, 0.05) is 131 Å². The van der Waals surface area contributed by atoms with Gasteiger partial charge in [-0.3, -0.25) is 48.4 Å². The minimum atomic E-state index is -0.752. The number of aryl methyl sites for hydroxylation is 1. The predicted octanol–water partition coefficient (Wildman–Crippen LogP) is 8.71. The fourth-order valence-corrected chi connectivity index (χ4v) is 11.3. The van der Waals surface area contributed by atoms with E-state index >= 15 is 0 Å². The SMILES string of the molecule is COc1cc2c(cc1OCCCOc1cc3c(cc1C)C(=O)N1C=C(c4ccc(NC(=O)[C@H](C)CC(=O)[C@@H](NC(=O)CCCCCN5C(=O)C=CC5=O)C(C)C)cc4)C[C@H]1C=N3)N=C[C@@H]1CC(c3ccc(N4CCN(C)CC4)cc3)=CN1C2=O. The van der Waals surface area contributed by atoms with E-state index in [1.807, 2.05) is 57.6 Å². The van der Waals surface area contributed by atoms with Crippen molar-refractivity contribution >= 4 is 87.6 Å². The highest BCUT2D eigenvalue weighted by Crippen LogP contribution is 2.41. The lowest BCUT2D eigenvalue weighted by molar-refractivity contribution is -0.137. The molecular weight excluding hydrogens is 1070 g/mol. The molecule has 4 atom stereocenters. The Kier molecular flexibility index (Phi) is 18.0. The van der Waals surface area contributed by atoms with Crippen molar-refractivity contribution in [1.29, 1.82) is 0 Å². The number of amides is 6. The lowest BCUT2D eigenvalue weighted by atomic mass is 9.92. The van der Waals surface area contributed by atoms with Gasteiger partial charge >= 0.3 is 0 Å². The van der Waals surface area contributed by atoms with E-state index in [-0.39, 0.29) is 72.1 Å². The predicted molar refractivity (Wildman–Crippen MR) is 322 cm³/mol. The number of benzene rings is 4. The van der Waals surface area contributed by atoms with Gasteiger partial charge in [-0.05, 0) is 97.0 Å². The summed E-state index contributed by atoms with van der Waals surface area (Å²) < 4.78 is 18.2. The van der Waals surface area contributed by atoms with Gasteiger partial charge in [0.25, 0.3) is 23.6 Å². The second-order valence-corrected chi connectivity index (χ2v) is 22.8. The number of rotatable bonds is 23. The molecule has 0 aromatic heterocycles. The fraction of sp³-hybridized carbons (Fsp3) is 0.400. The van der Waals surface area contributed by atoms with Crippen molar-refractivity contribution in [2.75, 3.05) is 70.3 Å². The van der Waals surface area contributed by atoms with Gasteiger partial charge in [0.2, 0.25) is 11.8 Å². The van der Waals surface area contributed by atoms with Gasteiger partial charge in [0.05, 0.1) is 61.0 Å². The largest absolute Gasteiger partial charge is 0.493 e. The molecule has 6 aliphatic rings. The Balaban J connectivity index is 0.673. The zero-order chi connectivity index (χ0) is 59.2. The van der Waals surface area contributed by atoms with E-state index in [2.05, 4.69) is 51.7 Å². The third kappa shape index (κ3) is 13.2. The number of nitrogens with one attached hydrogen (secondary N) is 2. The number of aliphatic imine (C=N–C) groups is 2. The first-order chi connectivity index (χ1) is 40.5. The van der Waals surface area contributed by atoms with Crippen LogP contribution in [0.4, 0.5) is 22.7 Å². The summed E-state index contributed by atoms with van der Waals surface area (Å²) in [5, 5.41) is 5.76. The molecule has 6 aliphatic heterocycles. The van der Waals surface area contributed by atoms with Crippen LogP contribution in [-0.2, 0) is 24.0 Å². The number of carbonyl (C=O) groups is 7. The number of likely N-dealkylation sites (N-methyl/N-ethyl adjacent to an activating group) is 1. The minimum absolute atomic E-state index is 0.0597. The molecule has 0 aliphatic carbocycles. The van der Waals surface area contributed by atoms with Crippen LogP contribution in [0.2, 0.25) is 0 Å². The van der Waals surface area contributed by atoms with Gasteiger partial charge in [-0.1, -0.05) is 51.5 Å². The van der Waals surface area contributed by atoms with E-state index < -0.39 is 12.0 Å². The number of ether oxygens (including phenoxy) is 3. The van der Waals surface area contributed by atoms with Crippen LogP contribution in [0.1, 0.15) is 110 Å². The number of fused-ring (bicyclic) bond motifs is 4. The van der Waals surface area contributed by atoms with Gasteiger partial charge in [-0.2, -0.15) is 0 Å². The number of methoxy groups -OCH3 is 1. The van der Waals surface area contributed by atoms with E-state index in [0.717, 1.165) is 54.0 Å². The third-order valence-electron chi connectivity index (χ3n) is 16.3. The monoisotopic (exact) mass is 1140 g/mol. The molecule has 438 valence electrons. The van der Waals surface area contributed by atoms with Gasteiger partial charge in [0.15, 0.2) is 17.3 Å². The van der Waals surface area contributed by atoms with Crippen molar-refractivity contribution in [2.45, 2.75) is 97.2 Å². The molecule has 0 bridgehead atoms. The molecule has 4 aromatic carbocycles. The first-order valence-corrected chi connectivity index (χ1v) is 29.1. The Labute approximate surface area is 490 Å². The maximum absolute atomic E-state index is 14.1. The summed E-state index contributed by atoms with van der Waals surface area (Å²) in [5.74, 6) is -1.16. The summed E-state index contributed by atoms with van der Waals surface area (Å²) in [6.45, 7) is 12.3. The van der Waals surface area contributed by atoms with Crippen LogP contribution in [0.15, 0.2) is 107 Å². The molecule has 84 heavy (non-hydrogen) atoms. The van der Waals surface area contributed by atoms with Crippen molar-refractivity contribution in [3.05, 3.63) is 125 Å². The zero-order valence-corrected chi connectivity index (χ0v) is 48.6. The second kappa shape index (κ2) is 25.8. The van der Waals surface area contributed by atoms with Crippen molar-refractivity contribution in [3.8, 4) is 17.2 Å². The summed E-state index contributed by atoms with van der Waals surface area (Å²) in [6.07, 6.45) is 13.5. The lowest BCUT2D eigenvalue weighted by Crippen LogP contribution is -2.45. The Morgan fingerprint density at radius 1 is 0.679 bits per heavy atom. The first-order valence-electron chi connectivity index (χ1n) is 29.1. The van der Waals surface area contributed by atoms with Gasteiger partial charge in [0.1, 0.15) is 5.75 Å². The molecule has 0 saturated carbocycles. The molecule has 1 fully saturated rings. The van der Waals surface area contributed by atoms with Crippen LogP contribution in [0.25, 0.3) is 11.1 Å². The number of nitrogens with zero attached hydrogens (tertiary/aromatic N) is 7. The Bertz CT molecular complexity index is 3360. The van der Waals surface area contributed by atoms with E-state index in [4.69, 9.17) is 24.2 Å².